The van der Waals surface area contributed by atoms with E-state index in [1.165, 1.54) is 20.6 Å². The fraction of sp³-hybridized carbons (Fsp3) is 0.455. The Kier molecular flexibility index (Phi) is 7.30. The number of likely N-dealkylation sites (tertiary alicyclic amines) is 1. The van der Waals surface area contributed by atoms with Crippen molar-refractivity contribution in [2.45, 2.75) is 31.8 Å². The lowest BCUT2D eigenvalue weighted by molar-refractivity contribution is -0.125. The van der Waals surface area contributed by atoms with E-state index in [9.17, 15) is 18.0 Å². The zero-order valence-corrected chi connectivity index (χ0v) is 18.8. The second-order valence-corrected chi connectivity index (χ2v) is 10.00. The van der Waals surface area contributed by atoms with Gasteiger partial charge in [0.05, 0.1) is 19.3 Å². The number of nitrogens with two attached hydrogens (primary N) is 1. The number of hydrogen-bond donors (Lipinski definition) is 2. The van der Waals surface area contributed by atoms with Crippen LogP contribution in [0.3, 0.4) is 0 Å². The van der Waals surface area contributed by atoms with Gasteiger partial charge in [0.25, 0.3) is 0 Å². The molecule has 2 aromatic carbocycles. The Morgan fingerprint density at radius 1 is 1.16 bits per heavy atom. The molecule has 9 heteroatoms. The maximum Gasteiger partial charge on any atom is 0.236 e. The molecule has 2 aromatic rings. The molecule has 0 spiro atoms. The molecule has 0 radical (unpaired) electrons. The Morgan fingerprint density at radius 2 is 1.81 bits per heavy atom. The number of fused-ring (bicyclic) bond motifs is 1. The average Bonchev–Trinajstić information content (AvgIpc) is 2.74. The fourth-order valence-electron chi connectivity index (χ4n) is 4.27. The molecule has 0 aliphatic carbocycles. The summed E-state index contributed by atoms with van der Waals surface area (Å²) in [5.74, 6) is -1.20. The van der Waals surface area contributed by atoms with Crippen LogP contribution in [0.25, 0.3) is 10.8 Å². The minimum Gasteiger partial charge on any atom is -0.368 e. The second-order valence-electron chi connectivity index (χ2n) is 8.06. The van der Waals surface area contributed by atoms with E-state index in [-0.39, 0.29) is 25.2 Å². The molecule has 1 aliphatic rings. The number of sulfonamides is 1. The number of hydrogen-bond acceptors (Lipinski definition) is 5. The predicted molar refractivity (Wildman–Crippen MR) is 121 cm³/mol. The summed E-state index contributed by atoms with van der Waals surface area (Å²) < 4.78 is 25.9. The summed E-state index contributed by atoms with van der Waals surface area (Å²) >= 11 is 0. The molecule has 1 atom stereocenters. The monoisotopic (exact) mass is 446 g/mol. The molecule has 1 aliphatic heterocycles. The van der Waals surface area contributed by atoms with E-state index in [2.05, 4.69) is 47.5 Å². The van der Waals surface area contributed by atoms with Gasteiger partial charge < -0.3 is 11.1 Å². The van der Waals surface area contributed by atoms with Gasteiger partial charge in [0.15, 0.2) is 0 Å². The summed E-state index contributed by atoms with van der Waals surface area (Å²) in [6, 6.07) is 14.5. The van der Waals surface area contributed by atoms with Gasteiger partial charge in [-0.15, -0.1) is 0 Å². The van der Waals surface area contributed by atoms with Crippen LogP contribution in [0.4, 0.5) is 0 Å². The second kappa shape index (κ2) is 9.76. The van der Waals surface area contributed by atoms with Gasteiger partial charge in [-0.2, -0.15) is 4.31 Å². The van der Waals surface area contributed by atoms with Crippen LogP contribution in [0.2, 0.25) is 0 Å². The van der Waals surface area contributed by atoms with E-state index in [0.717, 1.165) is 19.3 Å². The van der Waals surface area contributed by atoms with Crippen LogP contribution in [-0.2, 0) is 19.6 Å². The Bertz CT molecular complexity index is 1040. The van der Waals surface area contributed by atoms with E-state index >= 15 is 0 Å². The number of amides is 2. The van der Waals surface area contributed by atoms with Gasteiger partial charge in [-0.25, -0.2) is 8.42 Å². The van der Waals surface area contributed by atoms with Gasteiger partial charge in [0.2, 0.25) is 21.8 Å². The molecule has 168 valence electrons. The van der Waals surface area contributed by atoms with Crippen molar-refractivity contribution in [1.82, 2.24) is 14.5 Å². The number of carbonyl (C=O) groups is 2. The van der Waals surface area contributed by atoms with Crippen LogP contribution >= 0.6 is 0 Å². The molecule has 3 N–H and O–H groups in total. The Hall–Kier alpha value is -2.49. The minimum atomic E-state index is -3.58. The number of rotatable bonds is 8. The number of nitrogens with one attached hydrogen (secondary N) is 1. The number of carbonyl (C=O) groups excluding carboxylic acids is 2. The highest BCUT2D eigenvalue weighted by atomic mass is 32.2. The zero-order chi connectivity index (χ0) is 22.6. The summed E-state index contributed by atoms with van der Waals surface area (Å²) in [5.41, 5.74) is 6.29. The van der Waals surface area contributed by atoms with Crippen molar-refractivity contribution in [3.8, 4) is 0 Å². The van der Waals surface area contributed by atoms with Crippen LogP contribution < -0.4 is 11.1 Å². The standard InChI is InChI=1S/C22H30N4O4S/c1-16(19-9-5-7-17-6-3-4-8-20(17)19)25-12-10-18(11-13-25)26(31(2,29)30)15-22(28)24-14-21(23)27/h3-9,16,18H,10-15H2,1-2H3,(H2,23,27)(H,24,28). The highest BCUT2D eigenvalue weighted by Crippen LogP contribution is 2.31. The summed E-state index contributed by atoms with van der Waals surface area (Å²) in [7, 11) is -3.58. The lowest BCUT2D eigenvalue weighted by Crippen LogP contribution is -2.51. The van der Waals surface area contributed by atoms with Crippen molar-refractivity contribution >= 4 is 32.6 Å². The van der Waals surface area contributed by atoms with E-state index in [1.54, 1.807) is 0 Å². The van der Waals surface area contributed by atoms with Crippen molar-refractivity contribution in [1.29, 1.82) is 0 Å². The van der Waals surface area contributed by atoms with Crippen molar-refractivity contribution in [2.75, 3.05) is 32.4 Å². The van der Waals surface area contributed by atoms with Gasteiger partial charge in [0.1, 0.15) is 0 Å². The molecule has 31 heavy (non-hydrogen) atoms. The Labute approximate surface area is 183 Å². The Morgan fingerprint density at radius 3 is 2.45 bits per heavy atom. The largest absolute Gasteiger partial charge is 0.368 e. The molecule has 2 amide bonds. The summed E-state index contributed by atoms with van der Waals surface area (Å²) in [6.45, 7) is 3.01. The number of piperidine rings is 1. The molecule has 0 saturated carbocycles. The molecular formula is C22H30N4O4S. The third-order valence-electron chi connectivity index (χ3n) is 5.91. The quantitative estimate of drug-likeness (QED) is 0.633. The van der Waals surface area contributed by atoms with Crippen LogP contribution in [0.15, 0.2) is 42.5 Å². The van der Waals surface area contributed by atoms with Gasteiger partial charge in [-0.3, -0.25) is 14.5 Å². The molecule has 1 fully saturated rings. The van der Waals surface area contributed by atoms with E-state index < -0.39 is 21.8 Å². The number of nitrogens with zero attached hydrogens (tertiary/aromatic N) is 2. The van der Waals surface area contributed by atoms with E-state index in [4.69, 9.17) is 5.73 Å². The van der Waals surface area contributed by atoms with Crippen molar-refractivity contribution in [3.05, 3.63) is 48.0 Å². The van der Waals surface area contributed by atoms with Gasteiger partial charge >= 0.3 is 0 Å². The molecule has 0 aromatic heterocycles. The van der Waals surface area contributed by atoms with E-state index in [1.807, 2.05) is 12.1 Å². The van der Waals surface area contributed by atoms with Crippen molar-refractivity contribution < 1.29 is 18.0 Å². The fourth-order valence-corrected chi connectivity index (χ4v) is 5.38. The molecule has 8 nitrogen and oxygen atoms in total. The van der Waals surface area contributed by atoms with Gasteiger partial charge in [0, 0.05) is 25.2 Å². The van der Waals surface area contributed by atoms with Gasteiger partial charge in [-0.05, 0) is 36.1 Å². The Balaban J connectivity index is 1.67. The van der Waals surface area contributed by atoms with Gasteiger partial charge in [-0.1, -0.05) is 42.5 Å². The lowest BCUT2D eigenvalue weighted by Gasteiger charge is -2.39. The lowest BCUT2D eigenvalue weighted by atomic mass is 9.96. The SMILES string of the molecule is CC(c1cccc2ccccc12)N1CCC(N(CC(=O)NCC(N)=O)S(C)(=O)=O)CC1. The van der Waals surface area contributed by atoms with E-state index in [0.29, 0.717) is 12.8 Å². The number of primary amides is 1. The normalized spacial score (nSPS) is 17.0. The topological polar surface area (TPSA) is 113 Å². The first kappa shape index (κ1) is 23.2. The molecular weight excluding hydrogens is 416 g/mol. The highest BCUT2D eigenvalue weighted by molar-refractivity contribution is 7.88. The molecule has 1 unspecified atom stereocenters. The van der Waals surface area contributed by atoms with Crippen LogP contribution in [0.5, 0.6) is 0 Å². The first-order valence-corrected chi connectivity index (χ1v) is 12.2. The first-order chi connectivity index (χ1) is 14.7. The minimum absolute atomic E-state index is 0.192. The van der Waals surface area contributed by atoms with Crippen LogP contribution in [0.1, 0.15) is 31.4 Å². The summed E-state index contributed by atoms with van der Waals surface area (Å²) in [5, 5.41) is 4.79. The van der Waals surface area contributed by atoms with Crippen molar-refractivity contribution in [3.63, 3.8) is 0 Å². The predicted octanol–water partition coefficient (Wildman–Crippen LogP) is 1.23. The molecule has 3 rings (SSSR count). The first-order valence-electron chi connectivity index (χ1n) is 10.4. The average molecular weight is 447 g/mol. The summed E-state index contributed by atoms with van der Waals surface area (Å²) in [6.07, 6.45) is 2.37. The highest BCUT2D eigenvalue weighted by Gasteiger charge is 2.33. The zero-order valence-electron chi connectivity index (χ0n) is 18.0. The van der Waals surface area contributed by atoms with Crippen LogP contribution in [-0.4, -0.2) is 67.9 Å². The molecule has 1 saturated heterocycles. The third-order valence-corrected chi connectivity index (χ3v) is 7.19. The number of benzene rings is 2. The molecule has 1 heterocycles. The van der Waals surface area contributed by atoms with Crippen LogP contribution in [0, 0.1) is 0 Å². The maximum absolute atomic E-state index is 12.3. The maximum atomic E-state index is 12.3. The smallest absolute Gasteiger partial charge is 0.236 e. The molecule has 0 bridgehead atoms. The third kappa shape index (κ3) is 5.81. The van der Waals surface area contributed by atoms with Crippen molar-refractivity contribution in [2.24, 2.45) is 5.73 Å². The summed E-state index contributed by atoms with van der Waals surface area (Å²) in [4.78, 5) is 25.3.